The number of rotatable bonds is 8. The quantitative estimate of drug-likeness (QED) is 0.228. The number of thiophene rings is 1. The standard InChI is InChI=1S/C22H25N9O4S/c1-29-12-15(11-25-29)19-26-17-8-16(36-18(17)20(27-19)30-3-6-35-7-4-30)13-31(2-5-32)22-23-9-14(10-24-22)21(33)28-34/h8-12,32,34H,2-7,13H2,1H3,(H,28,33). The molecular weight excluding hydrogens is 486 g/mol. The minimum Gasteiger partial charge on any atom is -0.395 e. The monoisotopic (exact) mass is 511 g/mol. The maximum absolute atomic E-state index is 11.6. The van der Waals surface area contributed by atoms with Crippen molar-refractivity contribution < 1.29 is 19.8 Å². The lowest BCUT2D eigenvalue weighted by molar-refractivity contribution is 0.0705. The Bertz CT molecular complexity index is 1350. The van der Waals surface area contributed by atoms with E-state index in [-0.39, 0.29) is 12.2 Å². The summed E-state index contributed by atoms with van der Waals surface area (Å²) in [4.78, 5) is 34.8. The molecule has 1 saturated heterocycles. The Morgan fingerprint density at radius 3 is 2.67 bits per heavy atom. The molecular formula is C22H25N9O4S. The van der Waals surface area contributed by atoms with Crippen molar-refractivity contribution in [1.82, 2.24) is 35.2 Å². The molecule has 1 fully saturated rings. The zero-order chi connectivity index (χ0) is 25.1. The molecule has 0 radical (unpaired) electrons. The Balaban J connectivity index is 1.50. The fourth-order valence-electron chi connectivity index (χ4n) is 3.92. The van der Waals surface area contributed by atoms with Gasteiger partial charge >= 0.3 is 0 Å². The zero-order valence-corrected chi connectivity index (χ0v) is 20.3. The molecule has 5 rings (SSSR count). The Labute approximate surface area is 210 Å². The van der Waals surface area contributed by atoms with Crippen LogP contribution in [0.25, 0.3) is 21.6 Å². The summed E-state index contributed by atoms with van der Waals surface area (Å²) in [5, 5.41) is 22.7. The van der Waals surface area contributed by atoms with Crippen LogP contribution in [0.2, 0.25) is 0 Å². The highest BCUT2D eigenvalue weighted by atomic mass is 32.1. The molecule has 4 aromatic heterocycles. The van der Waals surface area contributed by atoms with E-state index in [2.05, 4.69) is 20.0 Å². The number of anilines is 2. The van der Waals surface area contributed by atoms with Crippen LogP contribution in [0.3, 0.4) is 0 Å². The number of fused-ring (bicyclic) bond motifs is 1. The van der Waals surface area contributed by atoms with Crippen molar-refractivity contribution >= 4 is 39.2 Å². The van der Waals surface area contributed by atoms with Crippen LogP contribution >= 0.6 is 11.3 Å². The molecule has 0 atom stereocenters. The molecule has 4 aromatic rings. The van der Waals surface area contributed by atoms with E-state index in [1.165, 1.54) is 12.4 Å². The van der Waals surface area contributed by atoms with Crippen LogP contribution in [-0.2, 0) is 18.3 Å². The summed E-state index contributed by atoms with van der Waals surface area (Å²) in [6.07, 6.45) is 6.29. The number of nitrogens with zero attached hydrogens (tertiary/aromatic N) is 8. The number of ether oxygens (including phenoxy) is 1. The predicted molar refractivity (Wildman–Crippen MR) is 132 cm³/mol. The number of aliphatic hydroxyl groups excluding tert-OH is 1. The van der Waals surface area contributed by atoms with Gasteiger partial charge in [-0.2, -0.15) is 5.10 Å². The second-order valence-electron chi connectivity index (χ2n) is 8.16. The summed E-state index contributed by atoms with van der Waals surface area (Å²) in [6.45, 7) is 3.38. The number of morpholine rings is 1. The fraction of sp³-hybridized carbons (Fsp3) is 0.364. The summed E-state index contributed by atoms with van der Waals surface area (Å²) in [7, 11) is 1.86. The average Bonchev–Trinajstić information content (AvgIpc) is 3.53. The lowest BCUT2D eigenvalue weighted by Crippen LogP contribution is -2.36. The number of aryl methyl sites for hydroxylation is 1. The van der Waals surface area contributed by atoms with E-state index in [1.54, 1.807) is 27.7 Å². The maximum atomic E-state index is 11.6. The van der Waals surface area contributed by atoms with Gasteiger partial charge < -0.3 is 19.6 Å². The van der Waals surface area contributed by atoms with Gasteiger partial charge in [-0.05, 0) is 6.07 Å². The Kier molecular flexibility index (Phi) is 6.99. The highest BCUT2D eigenvalue weighted by molar-refractivity contribution is 7.19. The van der Waals surface area contributed by atoms with Gasteiger partial charge in [0, 0.05) is 50.1 Å². The first-order valence-corrected chi connectivity index (χ1v) is 12.1. The maximum Gasteiger partial charge on any atom is 0.277 e. The summed E-state index contributed by atoms with van der Waals surface area (Å²) in [5.74, 6) is 1.13. The van der Waals surface area contributed by atoms with Gasteiger partial charge in [0.15, 0.2) is 11.6 Å². The van der Waals surface area contributed by atoms with Crippen LogP contribution in [0.5, 0.6) is 0 Å². The van der Waals surface area contributed by atoms with Crippen molar-refractivity contribution in [2.75, 3.05) is 49.3 Å². The van der Waals surface area contributed by atoms with Gasteiger partial charge in [0.25, 0.3) is 5.91 Å². The number of hydroxylamine groups is 1. The second-order valence-corrected chi connectivity index (χ2v) is 9.29. The normalized spacial score (nSPS) is 13.8. The fourth-order valence-corrected chi connectivity index (χ4v) is 5.05. The van der Waals surface area contributed by atoms with Gasteiger partial charge in [0.05, 0.1) is 53.9 Å². The molecule has 0 bridgehead atoms. The van der Waals surface area contributed by atoms with Crippen LogP contribution in [0.1, 0.15) is 15.2 Å². The number of aromatic nitrogens is 6. The first-order chi connectivity index (χ1) is 17.6. The molecule has 5 heterocycles. The Morgan fingerprint density at radius 2 is 2.00 bits per heavy atom. The van der Waals surface area contributed by atoms with Gasteiger partial charge in [-0.1, -0.05) is 0 Å². The summed E-state index contributed by atoms with van der Waals surface area (Å²) >= 11 is 1.58. The van der Waals surface area contributed by atoms with E-state index in [4.69, 9.17) is 19.9 Å². The molecule has 0 spiro atoms. The summed E-state index contributed by atoms with van der Waals surface area (Å²) in [6, 6.07) is 2.02. The van der Waals surface area contributed by atoms with E-state index < -0.39 is 5.91 Å². The molecule has 3 N–H and O–H groups in total. The largest absolute Gasteiger partial charge is 0.395 e. The van der Waals surface area contributed by atoms with E-state index in [0.29, 0.717) is 38.1 Å². The number of hydrogen-bond donors (Lipinski definition) is 3. The van der Waals surface area contributed by atoms with Crippen LogP contribution in [0.15, 0.2) is 30.9 Å². The summed E-state index contributed by atoms with van der Waals surface area (Å²) in [5.41, 5.74) is 3.35. The lowest BCUT2D eigenvalue weighted by Gasteiger charge is -2.28. The number of nitrogens with one attached hydrogen (secondary N) is 1. The van der Waals surface area contributed by atoms with Crippen molar-refractivity contribution in [1.29, 1.82) is 0 Å². The molecule has 13 nitrogen and oxygen atoms in total. The predicted octanol–water partition coefficient (Wildman–Crippen LogP) is 0.836. The number of carbonyl (C=O) groups excluding carboxylic acids is 1. The summed E-state index contributed by atoms with van der Waals surface area (Å²) < 4.78 is 8.23. The number of hydrogen-bond acceptors (Lipinski definition) is 12. The molecule has 1 aliphatic heterocycles. The van der Waals surface area contributed by atoms with Crippen LogP contribution < -0.4 is 15.3 Å². The lowest BCUT2D eigenvalue weighted by atomic mass is 10.3. The van der Waals surface area contributed by atoms with Crippen molar-refractivity contribution in [3.63, 3.8) is 0 Å². The highest BCUT2D eigenvalue weighted by Crippen LogP contribution is 2.35. The molecule has 188 valence electrons. The third kappa shape index (κ3) is 4.97. The highest BCUT2D eigenvalue weighted by Gasteiger charge is 2.22. The van der Waals surface area contributed by atoms with Gasteiger partial charge in [0.2, 0.25) is 5.95 Å². The SMILES string of the molecule is Cn1cc(-c2nc(N3CCOCC3)c3sc(CN(CCO)c4ncc(C(=O)NO)cn4)cc3n2)cn1. The Morgan fingerprint density at radius 1 is 1.22 bits per heavy atom. The average molecular weight is 512 g/mol. The number of aliphatic hydroxyl groups is 1. The topological polar surface area (TPSA) is 155 Å². The third-order valence-electron chi connectivity index (χ3n) is 5.68. The molecule has 0 aliphatic carbocycles. The van der Waals surface area contributed by atoms with E-state index in [1.807, 2.05) is 24.2 Å². The second kappa shape index (κ2) is 10.5. The van der Waals surface area contributed by atoms with Crippen molar-refractivity contribution in [3.8, 4) is 11.4 Å². The van der Waals surface area contributed by atoms with Gasteiger partial charge in [-0.15, -0.1) is 11.3 Å². The van der Waals surface area contributed by atoms with Crippen molar-refractivity contribution in [3.05, 3.63) is 41.3 Å². The smallest absolute Gasteiger partial charge is 0.277 e. The van der Waals surface area contributed by atoms with Crippen LogP contribution in [-0.4, -0.2) is 85.4 Å². The van der Waals surface area contributed by atoms with Crippen LogP contribution in [0.4, 0.5) is 11.8 Å². The van der Waals surface area contributed by atoms with E-state index in [9.17, 15) is 9.90 Å². The number of amides is 1. The first kappa shape index (κ1) is 24.0. The Hall–Kier alpha value is -3.72. The van der Waals surface area contributed by atoms with E-state index >= 15 is 0 Å². The molecule has 0 unspecified atom stereocenters. The number of carbonyl (C=O) groups is 1. The minimum absolute atomic E-state index is 0.100. The molecule has 0 aromatic carbocycles. The molecule has 14 heteroatoms. The molecule has 36 heavy (non-hydrogen) atoms. The van der Waals surface area contributed by atoms with Crippen molar-refractivity contribution in [2.24, 2.45) is 7.05 Å². The minimum atomic E-state index is -0.696. The van der Waals surface area contributed by atoms with Crippen molar-refractivity contribution in [2.45, 2.75) is 6.54 Å². The van der Waals surface area contributed by atoms with Gasteiger partial charge in [-0.3, -0.25) is 14.7 Å². The van der Waals surface area contributed by atoms with Gasteiger partial charge in [-0.25, -0.2) is 25.4 Å². The van der Waals surface area contributed by atoms with Gasteiger partial charge in [0.1, 0.15) is 0 Å². The molecule has 0 saturated carbocycles. The zero-order valence-electron chi connectivity index (χ0n) is 19.5. The third-order valence-corrected chi connectivity index (χ3v) is 6.78. The first-order valence-electron chi connectivity index (χ1n) is 11.3. The molecule has 1 amide bonds. The van der Waals surface area contributed by atoms with Crippen LogP contribution in [0, 0.1) is 0 Å². The van der Waals surface area contributed by atoms with E-state index in [0.717, 1.165) is 39.6 Å². The molecule has 1 aliphatic rings.